The van der Waals surface area contributed by atoms with Gasteiger partial charge in [-0.05, 0) is 140 Å². The highest BCUT2D eigenvalue weighted by Gasteiger charge is 2.72. The Morgan fingerprint density at radius 2 is 1.28 bits per heavy atom. The van der Waals surface area contributed by atoms with Crippen LogP contribution in [0.1, 0.15) is 103 Å². The first-order valence-corrected chi connectivity index (χ1v) is 13.5. The topological polar surface area (TPSA) is 29.1 Å². The van der Waals surface area contributed by atoms with Gasteiger partial charge in [0, 0.05) is 12.6 Å². The van der Waals surface area contributed by atoms with Crippen molar-refractivity contribution in [3.8, 4) is 0 Å². The number of hydrogen-bond acceptors (Lipinski definition) is 1. The molecule has 172 valence electrons. The molecule has 8 bridgehead atoms. The van der Waals surface area contributed by atoms with Gasteiger partial charge >= 0.3 is 0 Å². The van der Waals surface area contributed by atoms with Crippen LogP contribution in [0.4, 0.5) is 5.69 Å². The first-order valence-electron chi connectivity index (χ1n) is 13.5. The van der Waals surface area contributed by atoms with Crippen molar-refractivity contribution < 1.29 is 4.79 Å². The summed E-state index contributed by atoms with van der Waals surface area (Å²) in [4.78, 5) is 11.5. The summed E-state index contributed by atoms with van der Waals surface area (Å²) < 4.78 is 0. The Morgan fingerprint density at radius 3 is 1.78 bits per heavy atom. The Bertz CT molecular complexity index is 920. The third-order valence-electron chi connectivity index (χ3n) is 11.6. The number of rotatable bonds is 3. The Balaban J connectivity index is 1.32. The van der Waals surface area contributed by atoms with Gasteiger partial charge in [0.25, 0.3) is 0 Å². The smallest absolute Gasteiger partial charge is 0.221 e. The normalized spacial score (nSPS) is 52.4. The van der Waals surface area contributed by atoms with E-state index < -0.39 is 0 Å². The minimum absolute atomic E-state index is 0.0216. The molecule has 0 heterocycles. The molecule has 0 aliphatic heterocycles. The summed E-state index contributed by atoms with van der Waals surface area (Å²) in [6, 6.07) is 9.08. The Morgan fingerprint density at radius 1 is 0.750 bits per heavy atom. The van der Waals surface area contributed by atoms with Gasteiger partial charge in [-0.1, -0.05) is 26.0 Å². The van der Waals surface area contributed by atoms with E-state index in [1.54, 1.807) is 51.0 Å². The van der Waals surface area contributed by atoms with Gasteiger partial charge in [0.15, 0.2) is 0 Å². The summed E-state index contributed by atoms with van der Waals surface area (Å²) in [7, 11) is 0. The van der Waals surface area contributed by atoms with Crippen LogP contribution in [0.3, 0.4) is 0 Å². The first kappa shape index (κ1) is 20.1. The number of carbonyl (C=O) groups is 1. The minimum atomic E-state index is 0.0216. The van der Waals surface area contributed by atoms with Crippen molar-refractivity contribution in [2.75, 3.05) is 5.32 Å². The summed E-state index contributed by atoms with van der Waals surface area (Å²) in [5, 5.41) is 2.98. The second-order valence-electron chi connectivity index (χ2n) is 14.7. The lowest BCUT2D eigenvalue weighted by Crippen LogP contribution is -2.67. The van der Waals surface area contributed by atoms with Crippen molar-refractivity contribution in [2.45, 2.75) is 103 Å². The Hall–Kier alpha value is -1.31. The van der Waals surface area contributed by atoms with Crippen LogP contribution >= 0.6 is 0 Å². The Labute approximate surface area is 194 Å². The maximum absolute atomic E-state index is 11.5. The molecule has 2 atom stereocenters. The summed E-state index contributed by atoms with van der Waals surface area (Å²) in [5.74, 6) is 3.15. The SMILES string of the molecule is CC(=O)Nc1ccc(C23CC4(C)CC(C)(C2)CC(C25CC6CC(CC(C6)C2)C5)(C4)C3)cc1. The first-order chi connectivity index (χ1) is 15.1. The summed E-state index contributed by atoms with van der Waals surface area (Å²) in [6.45, 7) is 6.93. The molecule has 8 fully saturated rings. The molecule has 2 heteroatoms. The molecule has 1 N–H and O–H groups in total. The fourth-order valence-electron chi connectivity index (χ4n) is 12.4. The summed E-state index contributed by atoms with van der Waals surface area (Å²) in [6.07, 6.45) is 18.0. The molecule has 0 aromatic heterocycles. The highest BCUT2D eigenvalue weighted by molar-refractivity contribution is 5.88. The maximum atomic E-state index is 11.5. The zero-order valence-electron chi connectivity index (χ0n) is 20.4. The molecule has 2 unspecified atom stereocenters. The van der Waals surface area contributed by atoms with Gasteiger partial charge in [-0.15, -0.1) is 0 Å². The third-order valence-corrected chi connectivity index (χ3v) is 11.6. The van der Waals surface area contributed by atoms with Crippen LogP contribution in [0.25, 0.3) is 0 Å². The molecule has 8 aliphatic rings. The van der Waals surface area contributed by atoms with E-state index in [4.69, 9.17) is 0 Å². The largest absolute Gasteiger partial charge is 0.326 e. The molecule has 9 rings (SSSR count). The van der Waals surface area contributed by atoms with Crippen molar-refractivity contribution in [2.24, 2.45) is 39.4 Å². The van der Waals surface area contributed by atoms with Gasteiger partial charge in [0.1, 0.15) is 0 Å². The van der Waals surface area contributed by atoms with Crippen LogP contribution in [0.2, 0.25) is 0 Å². The van der Waals surface area contributed by atoms with E-state index in [1.807, 2.05) is 0 Å². The number of carbonyl (C=O) groups excluding carboxylic acids is 1. The monoisotopic (exact) mass is 431 g/mol. The lowest BCUT2D eigenvalue weighted by molar-refractivity contribution is -0.246. The molecule has 8 aliphatic carbocycles. The predicted octanol–water partition coefficient (Wildman–Crippen LogP) is 7.48. The van der Waals surface area contributed by atoms with E-state index in [-0.39, 0.29) is 5.91 Å². The van der Waals surface area contributed by atoms with Crippen LogP contribution in [0.5, 0.6) is 0 Å². The van der Waals surface area contributed by atoms with Gasteiger partial charge in [0.05, 0.1) is 0 Å². The van der Waals surface area contributed by atoms with Gasteiger partial charge < -0.3 is 5.32 Å². The number of amides is 1. The highest BCUT2D eigenvalue weighted by atomic mass is 16.1. The molecule has 0 radical (unpaired) electrons. The fraction of sp³-hybridized carbons (Fsp3) is 0.767. The van der Waals surface area contributed by atoms with Gasteiger partial charge in [0.2, 0.25) is 5.91 Å². The van der Waals surface area contributed by atoms with E-state index in [0.29, 0.717) is 27.1 Å². The van der Waals surface area contributed by atoms with E-state index >= 15 is 0 Å². The zero-order valence-corrected chi connectivity index (χ0v) is 20.4. The number of hydrogen-bond donors (Lipinski definition) is 1. The molecule has 1 aromatic rings. The number of anilines is 1. The highest BCUT2D eigenvalue weighted by Crippen LogP contribution is 2.81. The quantitative estimate of drug-likeness (QED) is 0.528. The standard InChI is InChI=1S/C30H41NO/c1-20(32)31-25-6-4-24(5-7-25)28-15-26(2)14-27(3,16-28)18-30(17-26,19-28)29-11-21-8-22(12-29)10-23(9-21)13-29/h4-7,21-23H,8-19H2,1-3H3,(H,31,32). The molecular formula is C30H41NO. The second kappa shape index (κ2) is 6.02. The van der Waals surface area contributed by atoms with Gasteiger partial charge in [-0.25, -0.2) is 0 Å². The predicted molar refractivity (Wildman–Crippen MR) is 129 cm³/mol. The molecule has 2 nitrogen and oxygen atoms in total. The van der Waals surface area contributed by atoms with Crippen molar-refractivity contribution in [1.29, 1.82) is 0 Å². The lowest BCUT2D eigenvalue weighted by Gasteiger charge is -2.76. The molecule has 32 heavy (non-hydrogen) atoms. The maximum Gasteiger partial charge on any atom is 0.221 e. The second-order valence-corrected chi connectivity index (χ2v) is 14.7. The van der Waals surface area contributed by atoms with Crippen molar-refractivity contribution in [3.05, 3.63) is 29.8 Å². The van der Waals surface area contributed by atoms with Gasteiger partial charge in [-0.2, -0.15) is 0 Å². The van der Waals surface area contributed by atoms with E-state index in [0.717, 1.165) is 23.4 Å². The minimum Gasteiger partial charge on any atom is -0.326 e. The summed E-state index contributed by atoms with van der Waals surface area (Å²) >= 11 is 0. The van der Waals surface area contributed by atoms with Crippen LogP contribution in [0, 0.1) is 39.4 Å². The number of benzene rings is 1. The van der Waals surface area contributed by atoms with Gasteiger partial charge in [-0.3, -0.25) is 4.79 Å². The van der Waals surface area contributed by atoms with Crippen LogP contribution in [0.15, 0.2) is 24.3 Å². The van der Waals surface area contributed by atoms with Crippen molar-refractivity contribution in [3.63, 3.8) is 0 Å². The van der Waals surface area contributed by atoms with Crippen LogP contribution < -0.4 is 5.32 Å². The molecule has 8 saturated carbocycles. The van der Waals surface area contributed by atoms with Crippen LogP contribution in [-0.2, 0) is 10.2 Å². The van der Waals surface area contributed by atoms with E-state index in [1.165, 1.54) is 38.5 Å². The van der Waals surface area contributed by atoms with Crippen molar-refractivity contribution in [1.82, 2.24) is 0 Å². The molecule has 1 amide bonds. The average Bonchev–Trinajstić information content (AvgIpc) is 2.64. The van der Waals surface area contributed by atoms with Crippen molar-refractivity contribution >= 4 is 11.6 Å². The third kappa shape index (κ3) is 2.67. The Kier molecular flexibility index (Phi) is 3.78. The average molecular weight is 432 g/mol. The zero-order chi connectivity index (χ0) is 22.0. The molecule has 0 spiro atoms. The fourth-order valence-corrected chi connectivity index (χ4v) is 12.4. The molecule has 0 saturated heterocycles. The number of nitrogens with one attached hydrogen (secondary N) is 1. The van der Waals surface area contributed by atoms with E-state index in [9.17, 15) is 4.79 Å². The lowest BCUT2D eigenvalue weighted by atomic mass is 9.28. The summed E-state index contributed by atoms with van der Waals surface area (Å²) in [5.41, 5.74) is 5.07. The van der Waals surface area contributed by atoms with E-state index in [2.05, 4.69) is 43.4 Å². The van der Waals surface area contributed by atoms with Crippen LogP contribution in [-0.4, -0.2) is 5.91 Å². The molecule has 1 aromatic carbocycles. The molecular weight excluding hydrogens is 390 g/mol.